The van der Waals surface area contributed by atoms with Gasteiger partial charge in [-0.3, -0.25) is 4.79 Å². The van der Waals surface area contributed by atoms with E-state index in [4.69, 9.17) is 0 Å². The Bertz CT molecular complexity index is 355. The summed E-state index contributed by atoms with van der Waals surface area (Å²) in [5.74, 6) is 0. The van der Waals surface area contributed by atoms with E-state index in [0.717, 1.165) is 31.5 Å². The van der Waals surface area contributed by atoms with Gasteiger partial charge in [0.1, 0.15) is 5.69 Å². The van der Waals surface area contributed by atoms with Crippen LogP contribution in [0.2, 0.25) is 0 Å². The molecule has 0 aromatic carbocycles. The van der Waals surface area contributed by atoms with Crippen LogP contribution in [0.15, 0.2) is 0 Å². The first-order chi connectivity index (χ1) is 7.85. The average Bonchev–Trinajstić information content (AvgIpc) is 2.94. The Kier molecular flexibility index (Phi) is 3.66. The van der Waals surface area contributed by atoms with Crippen molar-refractivity contribution in [3.05, 3.63) is 11.4 Å². The molecule has 0 bridgehead atoms. The van der Waals surface area contributed by atoms with Gasteiger partial charge < -0.3 is 4.90 Å². The van der Waals surface area contributed by atoms with Gasteiger partial charge in [0.05, 0.1) is 12.2 Å². The fraction of sp³-hybridized carbons (Fsp3) is 0.727. The van der Waals surface area contributed by atoms with E-state index in [2.05, 4.69) is 15.2 Å². The Morgan fingerprint density at radius 1 is 1.31 bits per heavy atom. The molecule has 0 unspecified atom stereocenters. The van der Waals surface area contributed by atoms with Crippen molar-refractivity contribution < 1.29 is 4.79 Å². The lowest BCUT2D eigenvalue weighted by Gasteiger charge is -2.14. The van der Waals surface area contributed by atoms with Crippen LogP contribution in [-0.2, 0) is 13.0 Å². The highest BCUT2D eigenvalue weighted by atomic mass is 16.1. The van der Waals surface area contributed by atoms with Gasteiger partial charge in [0.15, 0.2) is 6.29 Å². The molecule has 0 radical (unpaired) electrons. The highest BCUT2D eigenvalue weighted by Gasteiger charge is 2.14. The van der Waals surface area contributed by atoms with Gasteiger partial charge >= 0.3 is 0 Å². The molecule has 1 aliphatic rings. The van der Waals surface area contributed by atoms with Gasteiger partial charge in [-0.1, -0.05) is 12.1 Å². The summed E-state index contributed by atoms with van der Waals surface area (Å²) in [6, 6.07) is 0. The molecule has 0 saturated carbocycles. The SMILES string of the molecule is CCc1c(C=O)nnn1CCN1CCCC1. The molecule has 2 heterocycles. The van der Waals surface area contributed by atoms with E-state index < -0.39 is 0 Å². The molecule has 1 aromatic heterocycles. The minimum absolute atomic E-state index is 0.490. The Hall–Kier alpha value is -1.23. The minimum Gasteiger partial charge on any atom is -0.301 e. The maximum atomic E-state index is 10.7. The van der Waals surface area contributed by atoms with E-state index >= 15 is 0 Å². The van der Waals surface area contributed by atoms with Crippen LogP contribution in [-0.4, -0.2) is 45.8 Å². The summed E-state index contributed by atoms with van der Waals surface area (Å²) in [5, 5.41) is 7.90. The monoisotopic (exact) mass is 222 g/mol. The van der Waals surface area contributed by atoms with Crippen LogP contribution in [0.3, 0.4) is 0 Å². The Balaban J connectivity index is 1.97. The van der Waals surface area contributed by atoms with Gasteiger partial charge in [0, 0.05) is 6.54 Å². The van der Waals surface area contributed by atoms with Crippen LogP contribution in [0.5, 0.6) is 0 Å². The molecule has 0 atom stereocenters. The largest absolute Gasteiger partial charge is 0.301 e. The van der Waals surface area contributed by atoms with Crippen molar-refractivity contribution in [2.45, 2.75) is 32.7 Å². The maximum absolute atomic E-state index is 10.7. The van der Waals surface area contributed by atoms with Crippen molar-refractivity contribution in [1.82, 2.24) is 19.9 Å². The smallest absolute Gasteiger partial charge is 0.172 e. The molecule has 1 aliphatic heterocycles. The number of aldehydes is 1. The molecule has 5 nitrogen and oxygen atoms in total. The zero-order valence-electron chi connectivity index (χ0n) is 9.72. The summed E-state index contributed by atoms with van der Waals surface area (Å²) in [7, 11) is 0. The van der Waals surface area contributed by atoms with Crippen molar-refractivity contribution in [3.63, 3.8) is 0 Å². The molecule has 0 amide bonds. The summed E-state index contributed by atoms with van der Waals surface area (Å²) in [5.41, 5.74) is 1.44. The first kappa shape index (κ1) is 11.3. The van der Waals surface area contributed by atoms with Crippen LogP contribution in [0.25, 0.3) is 0 Å². The molecule has 1 saturated heterocycles. The van der Waals surface area contributed by atoms with Gasteiger partial charge in [0.25, 0.3) is 0 Å². The number of rotatable bonds is 5. The number of likely N-dealkylation sites (tertiary alicyclic amines) is 1. The van der Waals surface area contributed by atoms with Crippen LogP contribution < -0.4 is 0 Å². The maximum Gasteiger partial charge on any atom is 0.172 e. The summed E-state index contributed by atoms with van der Waals surface area (Å²) < 4.78 is 1.86. The number of hydrogen-bond acceptors (Lipinski definition) is 4. The lowest BCUT2D eigenvalue weighted by Crippen LogP contribution is -2.25. The highest BCUT2D eigenvalue weighted by Crippen LogP contribution is 2.08. The quantitative estimate of drug-likeness (QED) is 0.690. The molecule has 5 heteroatoms. The standard InChI is InChI=1S/C11H18N4O/c1-2-11-10(9-16)12-13-15(11)8-7-14-5-3-4-6-14/h9H,2-8H2,1H3. The molecule has 0 spiro atoms. The van der Waals surface area contributed by atoms with E-state index in [-0.39, 0.29) is 0 Å². The number of carbonyl (C=O) groups excluding carboxylic acids is 1. The number of aromatic nitrogens is 3. The summed E-state index contributed by atoms with van der Waals surface area (Å²) >= 11 is 0. The third-order valence-corrected chi connectivity index (χ3v) is 3.14. The van der Waals surface area contributed by atoms with Crippen molar-refractivity contribution in [1.29, 1.82) is 0 Å². The molecule has 1 aromatic rings. The van der Waals surface area contributed by atoms with E-state index in [0.29, 0.717) is 5.69 Å². The number of carbonyl (C=O) groups is 1. The van der Waals surface area contributed by atoms with E-state index in [9.17, 15) is 4.79 Å². The second-order valence-electron chi connectivity index (χ2n) is 4.16. The normalized spacial score (nSPS) is 16.8. The van der Waals surface area contributed by atoms with Gasteiger partial charge in [-0.05, 0) is 32.4 Å². The second kappa shape index (κ2) is 5.21. The first-order valence-electron chi connectivity index (χ1n) is 5.95. The third kappa shape index (κ3) is 2.29. The molecule has 0 N–H and O–H groups in total. The zero-order chi connectivity index (χ0) is 11.4. The van der Waals surface area contributed by atoms with E-state index in [1.54, 1.807) is 0 Å². The summed E-state index contributed by atoms with van der Waals surface area (Å²) in [6.45, 7) is 6.25. The minimum atomic E-state index is 0.490. The van der Waals surface area contributed by atoms with E-state index in [1.807, 2.05) is 11.6 Å². The van der Waals surface area contributed by atoms with Crippen molar-refractivity contribution in [3.8, 4) is 0 Å². The van der Waals surface area contributed by atoms with Gasteiger partial charge in [-0.15, -0.1) is 5.10 Å². The summed E-state index contributed by atoms with van der Waals surface area (Å²) in [6.07, 6.45) is 4.20. The lowest BCUT2D eigenvalue weighted by molar-refractivity contribution is 0.111. The second-order valence-corrected chi connectivity index (χ2v) is 4.16. The van der Waals surface area contributed by atoms with Crippen molar-refractivity contribution in [2.75, 3.05) is 19.6 Å². The van der Waals surface area contributed by atoms with Crippen LogP contribution in [0.1, 0.15) is 35.9 Å². The molecule has 2 rings (SSSR count). The summed E-state index contributed by atoms with van der Waals surface area (Å²) in [4.78, 5) is 13.2. The lowest BCUT2D eigenvalue weighted by atomic mass is 10.3. The predicted molar refractivity (Wildman–Crippen MR) is 60.5 cm³/mol. The fourth-order valence-corrected chi connectivity index (χ4v) is 2.22. The number of hydrogen-bond donors (Lipinski definition) is 0. The van der Waals surface area contributed by atoms with Gasteiger partial charge in [-0.25, -0.2) is 4.68 Å². The van der Waals surface area contributed by atoms with Crippen LogP contribution >= 0.6 is 0 Å². The number of nitrogens with zero attached hydrogens (tertiary/aromatic N) is 4. The predicted octanol–water partition coefficient (Wildman–Crippen LogP) is 0.749. The first-order valence-corrected chi connectivity index (χ1v) is 5.95. The molecule has 0 aliphatic carbocycles. The van der Waals surface area contributed by atoms with Gasteiger partial charge in [0.2, 0.25) is 0 Å². The molecule has 1 fully saturated rings. The van der Waals surface area contributed by atoms with Crippen LogP contribution in [0, 0.1) is 0 Å². The highest BCUT2D eigenvalue weighted by molar-refractivity contribution is 5.73. The molecular formula is C11H18N4O. The average molecular weight is 222 g/mol. The zero-order valence-corrected chi connectivity index (χ0v) is 9.72. The topological polar surface area (TPSA) is 51.0 Å². The molecule has 16 heavy (non-hydrogen) atoms. The van der Waals surface area contributed by atoms with Crippen LogP contribution in [0.4, 0.5) is 0 Å². The molecular weight excluding hydrogens is 204 g/mol. The van der Waals surface area contributed by atoms with Crippen molar-refractivity contribution >= 4 is 6.29 Å². The van der Waals surface area contributed by atoms with Gasteiger partial charge in [-0.2, -0.15) is 0 Å². The Morgan fingerprint density at radius 2 is 2.06 bits per heavy atom. The fourth-order valence-electron chi connectivity index (χ4n) is 2.22. The molecule has 88 valence electrons. The third-order valence-electron chi connectivity index (χ3n) is 3.14. The Labute approximate surface area is 95.4 Å². The Morgan fingerprint density at radius 3 is 2.69 bits per heavy atom. The van der Waals surface area contributed by atoms with Crippen molar-refractivity contribution in [2.24, 2.45) is 0 Å². The van der Waals surface area contributed by atoms with E-state index in [1.165, 1.54) is 25.9 Å².